The third-order valence-electron chi connectivity index (χ3n) is 8.89. The highest BCUT2D eigenvalue weighted by Crippen LogP contribution is 2.65. The Morgan fingerprint density at radius 3 is 2.50 bits per heavy atom. The summed E-state index contributed by atoms with van der Waals surface area (Å²) in [6.07, 6.45) is 11.2. The summed E-state index contributed by atoms with van der Waals surface area (Å²) < 4.78 is 13.9. The molecule has 5 atom stereocenters. The van der Waals surface area contributed by atoms with Gasteiger partial charge in [-0.15, -0.1) is 0 Å². The van der Waals surface area contributed by atoms with Crippen LogP contribution in [0, 0.1) is 11.3 Å². The van der Waals surface area contributed by atoms with Crippen LogP contribution in [-0.2, 0) is 9.16 Å². The molecule has 0 N–H and O–H groups in total. The van der Waals surface area contributed by atoms with E-state index in [1.54, 1.807) is 0 Å². The summed E-state index contributed by atoms with van der Waals surface area (Å²) in [5.74, 6) is 0.593. The van der Waals surface area contributed by atoms with Gasteiger partial charge in [0.05, 0.1) is 17.3 Å². The van der Waals surface area contributed by atoms with Crippen molar-refractivity contribution in [3.8, 4) is 0 Å². The third-order valence-corrected chi connectivity index (χ3v) is 13.4. The van der Waals surface area contributed by atoms with Crippen molar-refractivity contribution in [1.82, 2.24) is 0 Å². The Hall–Kier alpha value is -0.383. The van der Waals surface area contributed by atoms with E-state index >= 15 is 0 Å². The fourth-order valence-electron chi connectivity index (χ4n) is 5.89. The smallest absolute Gasteiger partial charge is 0.192 e. The maximum Gasteiger partial charge on any atom is 0.192 e. The van der Waals surface area contributed by atoms with Gasteiger partial charge in [0.25, 0.3) is 0 Å². The van der Waals surface area contributed by atoms with Crippen LogP contribution in [0.1, 0.15) is 73.6 Å². The Balaban J connectivity index is 1.69. The van der Waals surface area contributed by atoms with E-state index in [-0.39, 0.29) is 21.7 Å². The molecule has 26 heavy (non-hydrogen) atoms. The molecule has 2 bridgehead atoms. The van der Waals surface area contributed by atoms with Gasteiger partial charge in [-0.25, -0.2) is 0 Å². The van der Waals surface area contributed by atoms with Gasteiger partial charge in [-0.05, 0) is 75.2 Å². The monoisotopic (exact) mass is 374 g/mol. The minimum atomic E-state index is -1.76. The van der Waals surface area contributed by atoms with Crippen LogP contribution >= 0.6 is 0 Å². The molecule has 4 aliphatic rings. The Morgan fingerprint density at radius 2 is 1.85 bits per heavy atom. The van der Waals surface area contributed by atoms with Gasteiger partial charge in [0.1, 0.15) is 0 Å². The van der Waals surface area contributed by atoms with Crippen molar-refractivity contribution in [1.29, 1.82) is 0 Å². The lowest BCUT2D eigenvalue weighted by Gasteiger charge is -2.53. The van der Waals surface area contributed by atoms with Crippen molar-refractivity contribution >= 4 is 8.32 Å². The van der Waals surface area contributed by atoms with E-state index in [1.807, 2.05) is 0 Å². The Bertz CT molecular complexity index is 685. The normalized spacial score (nSPS) is 45.1. The minimum absolute atomic E-state index is 0.0477. The zero-order valence-electron chi connectivity index (χ0n) is 18.2. The van der Waals surface area contributed by atoms with E-state index < -0.39 is 8.32 Å². The molecule has 4 rings (SSSR count). The molecule has 1 spiro atoms. The predicted octanol–water partition coefficient (Wildman–Crippen LogP) is 6.39. The molecule has 1 saturated heterocycles. The molecule has 0 aromatic heterocycles. The van der Waals surface area contributed by atoms with Crippen LogP contribution in [0.25, 0.3) is 0 Å². The standard InChI is InChI=1S/C23H38O2Si/c1-16-15-17-11-12-21(5)18(23(17)14-13-22(16,6)25-23)9-10-19(21)24-26(7,8)20(2,3)4/h11,15,18-19H,9-10,12-14H2,1-8H3/t18-,19+,21+,22+,23-/m1/s1. The minimum Gasteiger partial charge on any atom is -0.413 e. The van der Waals surface area contributed by atoms with Gasteiger partial charge in [-0.1, -0.05) is 39.8 Å². The number of hydrogen-bond acceptors (Lipinski definition) is 2. The lowest BCUT2D eigenvalue weighted by molar-refractivity contribution is -0.128. The van der Waals surface area contributed by atoms with Crippen LogP contribution < -0.4 is 0 Å². The van der Waals surface area contributed by atoms with Gasteiger partial charge in [-0.3, -0.25) is 0 Å². The van der Waals surface area contributed by atoms with E-state index in [0.717, 1.165) is 12.8 Å². The first-order chi connectivity index (χ1) is 11.8. The molecule has 0 radical (unpaired) electrons. The molecule has 2 nitrogen and oxygen atoms in total. The molecule has 2 aliphatic carbocycles. The second-order valence-corrected chi connectivity index (χ2v) is 16.2. The first kappa shape index (κ1) is 19.0. The lowest BCUT2D eigenvalue weighted by Crippen LogP contribution is -2.55. The molecule has 0 aromatic carbocycles. The maximum absolute atomic E-state index is 7.00. The Morgan fingerprint density at radius 1 is 1.15 bits per heavy atom. The average Bonchev–Trinajstić information content (AvgIpc) is 2.99. The predicted molar refractivity (Wildman–Crippen MR) is 111 cm³/mol. The molecular weight excluding hydrogens is 336 g/mol. The SMILES string of the molecule is CC1=CC2=CC[C@]3(C)[C@@H](O[Si](C)(C)C(C)(C)C)CC[C@H]3[C@@]23CC[C@]1(C)O3. The highest BCUT2D eigenvalue weighted by Gasteiger charge is 2.65. The van der Waals surface area contributed by atoms with Crippen molar-refractivity contribution in [3.63, 3.8) is 0 Å². The number of allylic oxidation sites excluding steroid dienone is 1. The van der Waals surface area contributed by atoms with Gasteiger partial charge in [0.15, 0.2) is 8.32 Å². The zero-order chi connectivity index (χ0) is 19.2. The van der Waals surface area contributed by atoms with E-state index in [1.165, 1.54) is 30.4 Å². The van der Waals surface area contributed by atoms with Gasteiger partial charge in [0, 0.05) is 11.3 Å². The van der Waals surface area contributed by atoms with Gasteiger partial charge < -0.3 is 9.16 Å². The Kier molecular flexibility index (Phi) is 3.91. The molecule has 3 heteroatoms. The zero-order valence-corrected chi connectivity index (χ0v) is 19.2. The van der Waals surface area contributed by atoms with E-state index in [0.29, 0.717) is 12.0 Å². The fourth-order valence-corrected chi connectivity index (χ4v) is 7.34. The highest BCUT2D eigenvalue weighted by atomic mass is 28.4. The third kappa shape index (κ3) is 2.36. The van der Waals surface area contributed by atoms with Crippen molar-refractivity contribution in [2.45, 2.75) is 109 Å². The number of ether oxygens (including phenoxy) is 1. The average molecular weight is 375 g/mol. The highest BCUT2D eigenvalue weighted by molar-refractivity contribution is 6.74. The van der Waals surface area contributed by atoms with Crippen molar-refractivity contribution in [3.05, 3.63) is 23.3 Å². The number of fused-ring (bicyclic) bond motifs is 2. The second-order valence-electron chi connectivity index (χ2n) is 11.4. The van der Waals surface area contributed by atoms with Gasteiger partial charge in [0.2, 0.25) is 0 Å². The van der Waals surface area contributed by atoms with Crippen LogP contribution in [0.15, 0.2) is 23.3 Å². The molecule has 2 fully saturated rings. The first-order valence-electron chi connectivity index (χ1n) is 10.6. The second kappa shape index (κ2) is 5.36. The molecule has 2 heterocycles. The molecule has 0 unspecified atom stereocenters. The molecule has 146 valence electrons. The molecule has 1 saturated carbocycles. The lowest BCUT2D eigenvalue weighted by atomic mass is 9.60. The van der Waals surface area contributed by atoms with Crippen LogP contribution in [0.3, 0.4) is 0 Å². The van der Waals surface area contributed by atoms with Gasteiger partial charge >= 0.3 is 0 Å². The van der Waals surface area contributed by atoms with Gasteiger partial charge in [-0.2, -0.15) is 0 Å². The Labute approximate surface area is 161 Å². The summed E-state index contributed by atoms with van der Waals surface area (Å²) in [4.78, 5) is 0. The number of rotatable bonds is 2. The van der Waals surface area contributed by atoms with E-state index in [4.69, 9.17) is 9.16 Å². The van der Waals surface area contributed by atoms with Crippen LogP contribution in [-0.4, -0.2) is 25.6 Å². The molecule has 0 amide bonds. The van der Waals surface area contributed by atoms with Crippen molar-refractivity contribution in [2.24, 2.45) is 11.3 Å². The maximum atomic E-state index is 7.00. The fraction of sp³-hybridized carbons (Fsp3) is 0.826. The molecule has 2 aliphatic heterocycles. The summed E-state index contributed by atoms with van der Waals surface area (Å²) in [5, 5.41) is 0.266. The summed E-state index contributed by atoms with van der Waals surface area (Å²) >= 11 is 0. The van der Waals surface area contributed by atoms with E-state index in [2.05, 4.69) is 66.8 Å². The van der Waals surface area contributed by atoms with Crippen LogP contribution in [0.4, 0.5) is 0 Å². The quantitative estimate of drug-likeness (QED) is 0.521. The molecular formula is C23H38O2Si. The van der Waals surface area contributed by atoms with Crippen molar-refractivity contribution < 1.29 is 9.16 Å². The summed E-state index contributed by atoms with van der Waals surface area (Å²) in [7, 11) is -1.76. The topological polar surface area (TPSA) is 18.5 Å². The first-order valence-corrected chi connectivity index (χ1v) is 13.5. The summed E-state index contributed by atoms with van der Waals surface area (Å²) in [6, 6.07) is 0. The van der Waals surface area contributed by atoms with Crippen LogP contribution in [0.2, 0.25) is 18.1 Å². The largest absolute Gasteiger partial charge is 0.413 e. The van der Waals surface area contributed by atoms with E-state index in [9.17, 15) is 0 Å². The summed E-state index contributed by atoms with van der Waals surface area (Å²) in [6.45, 7) is 18.9. The van der Waals surface area contributed by atoms with Crippen LogP contribution in [0.5, 0.6) is 0 Å². The van der Waals surface area contributed by atoms with Crippen molar-refractivity contribution in [2.75, 3.05) is 0 Å². The molecule has 0 aromatic rings. The summed E-state index contributed by atoms with van der Waals surface area (Å²) in [5.41, 5.74) is 3.00. The number of hydrogen-bond donors (Lipinski definition) is 0.